The number of fused-ring (bicyclic) bond motifs is 1. The fraction of sp³-hybridized carbons (Fsp3) is 0.385. The van der Waals surface area contributed by atoms with Gasteiger partial charge in [0.1, 0.15) is 20.8 Å². The number of thioether (sulfide) groups is 1. The Morgan fingerprint density at radius 2 is 1.74 bits per heavy atom. The van der Waals surface area contributed by atoms with Gasteiger partial charge in [-0.05, 0) is 25.1 Å². The van der Waals surface area contributed by atoms with Gasteiger partial charge < -0.3 is 19.1 Å². The van der Waals surface area contributed by atoms with Crippen LogP contribution in [0, 0.1) is 0 Å². The topological polar surface area (TPSA) is 56.8 Å². The highest BCUT2D eigenvalue weighted by atomic mass is 32.2. The molecule has 1 aliphatic heterocycles. The van der Waals surface area contributed by atoms with E-state index in [0.717, 1.165) is 25.6 Å². The summed E-state index contributed by atoms with van der Waals surface area (Å²) < 4.78 is 21.9. The first-order chi connectivity index (χ1) is 17.1. The summed E-state index contributed by atoms with van der Waals surface area (Å²) in [5.41, 5.74) is 2.23. The van der Waals surface area contributed by atoms with Gasteiger partial charge in [-0.25, -0.2) is 0 Å². The van der Waals surface area contributed by atoms with Crippen LogP contribution >= 0.6 is 23.1 Å². The Labute approximate surface area is 213 Å². The molecule has 1 aliphatic rings. The maximum atomic E-state index is 13.4. The van der Waals surface area contributed by atoms with Gasteiger partial charge in [-0.2, -0.15) is 4.57 Å². The molecule has 0 saturated carbocycles. The second kappa shape index (κ2) is 12.5. The predicted octanol–water partition coefficient (Wildman–Crippen LogP) is 2.03. The van der Waals surface area contributed by atoms with E-state index in [1.54, 1.807) is 30.2 Å². The predicted molar refractivity (Wildman–Crippen MR) is 141 cm³/mol. The van der Waals surface area contributed by atoms with Gasteiger partial charge in [0.25, 0.3) is 5.56 Å². The number of hydrogen-bond donors (Lipinski definition) is 0. The highest BCUT2D eigenvalue weighted by Crippen LogP contribution is 2.44. The molecule has 186 valence electrons. The standard InChI is InChI=1S/C26H32N3O4S2/c1-4-29-23(35-24(25(29)30)26-27(2)21-10-5-6-11-22(21)34-26)19-20-9-7-8-12-28(20)13-14-32-17-18-33-16-15-31-3/h5-12,19H,4,13-18H2,1-3H3/q+1. The third kappa shape index (κ3) is 6.05. The summed E-state index contributed by atoms with van der Waals surface area (Å²) >= 11 is 3.21. The first kappa shape index (κ1) is 25.7. The second-order valence-electron chi connectivity index (χ2n) is 7.93. The Morgan fingerprint density at radius 1 is 1.00 bits per heavy atom. The van der Waals surface area contributed by atoms with Crippen LogP contribution in [-0.4, -0.2) is 51.8 Å². The molecule has 35 heavy (non-hydrogen) atoms. The van der Waals surface area contributed by atoms with E-state index in [-0.39, 0.29) is 5.56 Å². The smallest absolute Gasteiger partial charge is 0.271 e. The van der Waals surface area contributed by atoms with Crippen LogP contribution < -0.4 is 24.2 Å². The molecule has 3 aromatic rings. The van der Waals surface area contributed by atoms with E-state index in [4.69, 9.17) is 14.2 Å². The van der Waals surface area contributed by atoms with Gasteiger partial charge in [-0.1, -0.05) is 23.9 Å². The molecule has 2 aromatic heterocycles. The lowest BCUT2D eigenvalue weighted by atomic mass is 10.3. The van der Waals surface area contributed by atoms with Crippen molar-refractivity contribution in [1.29, 1.82) is 0 Å². The van der Waals surface area contributed by atoms with Crippen molar-refractivity contribution >= 4 is 39.9 Å². The number of anilines is 1. The number of pyridine rings is 1. The number of aromatic nitrogens is 2. The van der Waals surface area contributed by atoms with Crippen LogP contribution in [-0.2, 0) is 27.3 Å². The molecule has 0 fully saturated rings. The zero-order chi connectivity index (χ0) is 24.6. The number of methoxy groups -OCH3 is 1. The molecule has 7 nitrogen and oxygen atoms in total. The lowest BCUT2D eigenvalue weighted by molar-refractivity contribution is -0.700. The average Bonchev–Trinajstić information content (AvgIpc) is 3.37. The molecule has 0 atom stereocenters. The van der Waals surface area contributed by atoms with E-state index in [1.807, 2.05) is 49.0 Å². The zero-order valence-electron chi connectivity index (χ0n) is 20.4. The van der Waals surface area contributed by atoms with Crippen molar-refractivity contribution in [3.63, 3.8) is 0 Å². The highest BCUT2D eigenvalue weighted by molar-refractivity contribution is 8.08. The van der Waals surface area contributed by atoms with Gasteiger partial charge in [-0.15, -0.1) is 11.3 Å². The van der Waals surface area contributed by atoms with Crippen LogP contribution in [0.25, 0.3) is 11.1 Å². The maximum absolute atomic E-state index is 13.4. The lowest BCUT2D eigenvalue weighted by Crippen LogP contribution is -2.39. The van der Waals surface area contributed by atoms with Crippen molar-refractivity contribution in [1.82, 2.24) is 4.57 Å². The molecule has 0 bridgehead atoms. The first-order valence-corrected chi connectivity index (χ1v) is 13.4. The van der Waals surface area contributed by atoms with Gasteiger partial charge in [0, 0.05) is 43.8 Å². The molecule has 9 heteroatoms. The third-order valence-corrected chi connectivity index (χ3v) is 8.17. The van der Waals surface area contributed by atoms with Crippen LogP contribution in [0.4, 0.5) is 5.69 Å². The first-order valence-electron chi connectivity index (χ1n) is 11.7. The average molecular weight is 515 g/mol. The summed E-state index contributed by atoms with van der Waals surface area (Å²) in [5, 5.41) is 0.991. The number of para-hydroxylation sites is 1. The SMILES string of the molecule is CCn1c(=Cc2cccc[n+]2CCOCCOCCOC)sc(=C2Sc3ccccc3N2C)c1=O. The van der Waals surface area contributed by atoms with E-state index in [1.165, 1.54) is 4.90 Å². The van der Waals surface area contributed by atoms with Crippen LogP contribution in [0.3, 0.4) is 0 Å². The van der Waals surface area contributed by atoms with Gasteiger partial charge >= 0.3 is 0 Å². The minimum Gasteiger partial charge on any atom is -0.382 e. The summed E-state index contributed by atoms with van der Waals surface area (Å²) in [6.07, 6.45) is 4.14. The number of ether oxygens (including phenoxy) is 3. The molecule has 0 radical (unpaired) electrons. The van der Waals surface area contributed by atoms with E-state index < -0.39 is 0 Å². The molecular formula is C26H32N3O4S2+. The fourth-order valence-electron chi connectivity index (χ4n) is 3.85. The molecule has 0 saturated heterocycles. The Morgan fingerprint density at radius 3 is 2.51 bits per heavy atom. The van der Waals surface area contributed by atoms with E-state index >= 15 is 0 Å². The summed E-state index contributed by atoms with van der Waals surface area (Å²) in [5.74, 6) is 0. The Bertz CT molecular complexity index is 1320. The summed E-state index contributed by atoms with van der Waals surface area (Å²) in [6.45, 7) is 6.20. The number of benzene rings is 1. The van der Waals surface area contributed by atoms with E-state index in [0.29, 0.717) is 46.1 Å². The molecule has 1 aromatic carbocycles. The third-order valence-electron chi connectivity index (χ3n) is 5.69. The summed E-state index contributed by atoms with van der Waals surface area (Å²) in [4.78, 5) is 16.7. The summed E-state index contributed by atoms with van der Waals surface area (Å²) in [6, 6.07) is 14.3. The number of thiazole rings is 1. The molecule has 4 rings (SSSR count). The van der Waals surface area contributed by atoms with Crippen LogP contribution in [0.5, 0.6) is 0 Å². The molecule has 0 spiro atoms. The van der Waals surface area contributed by atoms with E-state index in [9.17, 15) is 4.79 Å². The van der Waals surface area contributed by atoms with Gasteiger partial charge in [0.2, 0.25) is 5.69 Å². The fourth-order valence-corrected chi connectivity index (χ4v) is 6.31. The largest absolute Gasteiger partial charge is 0.382 e. The number of hydrogen-bond acceptors (Lipinski definition) is 7. The Kier molecular flexibility index (Phi) is 9.17. The quantitative estimate of drug-likeness (QED) is 0.288. The second-order valence-corrected chi connectivity index (χ2v) is 9.99. The highest BCUT2D eigenvalue weighted by Gasteiger charge is 2.24. The van der Waals surface area contributed by atoms with Crippen molar-refractivity contribution in [3.8, 4) is 0 Å². The van der Waals surface area contributed by atoms with Crippen LogP contribution in [0.15, 0.2) is 58.4 Å². The van der Waals surface area contributed by atoms with Crippen molar-refractivity contribution in [3.05, 3.63) is 73.9 Å². The molecule has 0 unspecified atom stereocenters. The van der Waals surface area contributed by atoms with Crippen molar-refractivity contribution in [2.45, 2.75) is 24.9 Å². The molecule has 3 heterocycles. The maximum Gasteiger partial charge on any atom is 0.271 e. The number of nitrogens with zero attached hydrogens (tertiary/aromatic N) is 3. The van der Waals surface area contributed by atoms with Crippen molar-refractivity contribution in [2.75, 3.05) is 52.1 Å². The van der Waals surface area contributed by atoms with Gasteiger partial charge in [0.05, 0.1) is 32.1 Å². The Balaban J connectivity index is 1.56. The minimum absolute atomic E-state index is 0.0604. The van der Waals surface area contributed by atoms with Crippen molar-refractivity contribution < 1.29 is 18.8 Å². The minimum atomic E-state index is 0.0604. The molecule has 0 amide bonds. The van der Waals surface area contributed by atoms with Gasteiger partial charge in [-0.3, -0.25) is 9.36 Å². The van der Waals surface area contributed by atoms with Crippen LogP contribution in [0.2, 0.25) is 0 Å². The molecule has 0 N–H and O–H groups in total. The zero-order valence-corrected chi connectivity index (χ0v) is 22.1. The van der Waals surface area contributed by atoms with Crippen LogP contribution in [0.1, 0.15) is 12.6 Å². The van der Waals surface area contributed by atoms with E-state index in [2.05, 4.69) is 33.7 Å². The van der Waals surface area contributed by atoms with Crippen molar-refractivity contribution in [2.24, 2.45) is 0 Å². The van der Waals surface area contributed by atoms with Gasteiger partial charge in [0.15, 0.2) is 12.7 Å². The monoisotopic (exact) mass is 514 g/mol. The molecule has 0 aliphatic carbocycles. The molecular weight excluding hydrogens is 482 g/mol. The lowest BCUT2D eigenvalue weighted by Gasteiger charge is -2.11. The normalized spacial score (nSPS) is 15.2. The Hall–Kier alpha value is -2.43. The summed E-state index contributed by atoms with van der Waals surface area (Å²) in [7, 11) is 3.69. The number of rotatable bonds is 11.